The van der Waals surface area contributed by atoms with E-state index in [2.05, 4.69) is 4.98 Å². The van der Waals surface area contributed by atoms with Crippen LogP contribution in [0, 0.1) is 26.6 Å². The topological polar surface area (TPSA) is 79.7 Å². The van der Waals surface area contributed by atoms with Gasteiger partial charge in [0.2, 0.25) is 5.88 Å². The lowest BCUT2D eigenvalue weighted by Crippen LogP contribution is -2.28. The van der Waals surface area contributed by atoms with E-state index in [9.17, 15) is 19.4 Å². The summed E-state index contributed by atoms with van der Waals surface area (Å²) in [5, 5.41) is 22.5. The third-order valence-corrected chi connectivity index (χ3v) is 6.02. The second kappa shape index (κ2) is 8.37. The second-order valence-electron chi connectivity index (χ2n) is 9.70. The van der Waals surface area contributed by atoms with Crippen LogP contribution in [0.3, 0.4) is 0 Å². The van der Waals surface area contributed by atoms with Crippen LogP contribution in [-0.2, 0) is 9.53 Å². The van der Waals surface area contributed by atoms with Gasteiger partial charge in [0.05, 0.1) is 11.1 Å². The Labute approximate surface area is 197 Å². The van der Waals surface area contributed by atoms with Gasteiger partial charge in [-0.25, -0.2) is 14.2 Å². The molecule has 0 unspecified atom stereocenters. The molecule has 34 heavy (non-hydrogen) atoms. The number of ether oxygens (including phenoxy) is 1. The van der Waals surface area contributed by atoms with Gasteiger partial charge in [0.25, 0.3) is 0 Å². The maximum atomic E-state index is 14.3. The number of hydrogen-bond donors (Lipinski definition) is 2. The summed E-state index contributed by atoms with van der Waals surface area (Å²) in [4.78, 5) is 16.9. The molecule has 1 heterocycles. The molecular formula is C28H28FNO4. The van der Waals surface area contributed by atoms with Gasteiger partial charge in [0.1, 0.15) is 5.82 Å². The molecule has 0 radical (unpaired) electrons. The number of halogens is 1. The van der Waals surface area contributed by atoms with Crippen molar-refractivity contribution in [3.63, 3.8) is 0 Å². The zero-order chi connectivity index (χ0) is 24.9. The highest BCUT2D eigenvalue weighted by atomic mass is 19.1. The SMILES string of the molecule is Cc1ccc(-c2c([C@H](OC(C)(C)C)C(=O)O)c(C)c3nc(O)c4ccc(F)cc4c3c2C)cc1. The molecule has 0 aliphatic carbocycles. The van der Waals surface area contributed by atoms with E-state index in [-0.39, 0.29) is 5.88 Å². The Kier molecular flexibility index (Phi) is 5.82. The van der Waals surface area contributed by atoms with Crippen molar-refractivity contribution in [1.29, 1.82) is 0 Å². The van der Waals surface area contributed by atoms with Gasteiger partial charge in [-0.2, -0.15) is 0 Å². The minimum absolute atomic E-state index is 0.234. The van der Waals surface area contributed by atoms with E-state index in [0.717, 1.165) is 16.7 Å². The summed E-state index contributed by atoms with van der Waals surface area (Å²) >= 11 is 0. The molecule has 1 aromatic heterocycles. The van der Waals surface area contributed by atoms with E-state index in [1.807, 2.05) is 38.1 Å². The zero-order valence-electron chi connectivity index (χ0n) is 20.2. The Morgan fingerprint density at radius 1 is 1.00 bits per heavy atom. The number of carboxylic acid groups (broad SMARTS) is 1. The molecule has 0 fully saturated rings. The first-order valence-corrected chi connectivity index (χ1v) is 11.1. The molecule has 5 nitrogen and oxygen atoms in total. The fourth-order valence-electron chi connectivity index (χ4n) is 4.57. The number of carboxylic acids is 1. The van der Waals surface area contributed by atoms with E-state index >= 15 is 0 Å². The van der Waals surface area contributed by atoms with Crippen molar-refractivity contribution in [3.8, 4) is 17.0 Å². The number of aryl methyl sites for hydroxylation is 3. The fraction of sp³-hybridized carbons (Fsp3) is 0.286. The largest absolute Gasteiger partial charge is 0.493 e. The molecule has 0 saturated heterocycles. The van der Waals surface area contributed by atoms with Gasteiger partial charge in [-0.1, -0.05) is 29.8 Å². The van der Waals surface area contributed by atoms with Gasteiger partial charge in [0, 0.05) is 16.3 Å². The van der Waals surface area contributed by atoms with Gasteiger partial charge < -0.3 is 14.9 Å². The molecular weight excluding hydrogens is 433 g/mol. The first-order valence-electron chi connectivity index (χ1n) is 11.1. The molecule has 4 rings (SSSR count). The Hall–Kier alpha value is -3.51. The van der Waals surface area contributed by atoms with Crippen LogP contribution >= 0.6 is 0 Å². The predicted octanol–water partition coefficient (Wildman–Crippen LogP) is 6.77. The van der Waals surface area contributed by atoms with Crippen molar-refractivity contribution >= 4 is 27.6 Å². The van der Waals surface area contributed by atoms with Crippen molar-refractivity contribution in [2.45, 2.75) is 53.2 Å². The minimum Gasteiger partial charge on any atom is -0.493 e. The van der Waals surface area contributed by atoms with Gasteiger partial charge in [-0.15, -0.1) is 0 Å². The molecule has 6 heteroatoms. The molecule has 0 saturated carbocycles. The maximum Gasteiger partial charge on any atom is 0.337 e. The maximum absolute atomic E-state index is 14.3. The monoisotopic (exact) mass is 461 g/mol. The van der Waals surface area contributed by atoms with Crippen LogP contribution in [0.5, 0.6) is 5.88 Å². The highest BCUT2D eigenvalue weighted by Crippen LogP contribution is 2.44. The van der Waals surface area contributed by atoms with Crippen molar-refractivity contribution in [2.75, 3.05) is 0 Å². The van der Waals surface area contributed by atoms with E-state index < -0.39 is 23.5 Å². The summed E-state index contributed by atoms with van der Waals surface area (Å²) in [7, 11) is 0. The summed E-state index contributed by atoms with van der Waals surface area (Å²) in [6.45, 7) is 11.0. The lowest BCUT2D eigenvalue weighted by Gasteiger charge is -2.29. The minimum atomic E-state index is -1.27. The number of rotatable bonds is 4. The highest BCUT2D eigenvalue weighted by Gasteiger charge is 2.33. The van der Waals surface area contributed by atoms with Crippen molar-refractivity contribution in [1.82, 2.24) is 4.98 Å². The van der Waals surface area contributed by atoms with Gasteiger partial charge in [-0.05, 0) is 87.4 Å². The van der Waals surface area contributed by atoms with Crippen LogP contribution in [0.15, 0.2) is 42.5 Å². The number of hydrogen-bond acceptors (Lipinski definition) is 4. The summed E-state index contributed by atoms with van der Waals surface area (Å²) < 4.78 is 20.3. The number of nitrogens with zero attached hydrogens (tertiary/aromatic N) is 1. The molecule has 4 aromatic rings. The third-order valence-electron chi connectivity index (χ3n) is 6.02. The van der Waals surface area contributed by atoms with Gasteiger partial charge >= 0.3 is 5.97 Å². The van der Waals surface area contributed by atoms with E-state index in [1.165, 1.54) is 18.2 Å². The van der Waals surface area contributed by atoms with E-state index in [0.29, 0.717) is 38.4 Å². The molecule has 0 spiro atoms. The predicted molar refractivity (Wildman–Crippen MR) is 132 cm³/mol. The van der Waals surface area contributed by atoms with Crippen LogP contribution in [-0.4, -0.2) is 26.8 Å². The molecule has 0 bridgehead atoms. The number of aliphatic carboxylic acids is 1. The Morgan fingerprint density at radius 2 is 1.65 bits per heavy atom. The van der Waals surface area contributed by atoms with E-state index in [1.54, 1.807) is 27.7 Å². The van der Waals surface area contributed by atoms with Crippen LogP contribution < -0.4 is 0 Å². The van der Waals surface area contributed by atoms with Crippen molar-refractivity contribution in [3.05, 3.63) is 70.5 Å². The normalized spacial score (nSPS) is 12.9. The summed E-state index contributed by atoms with van der Waals surface area (Å²) in [5.41, 5.74) is 4.07. The smallest absolute Gasteiger partial charge is 0.337 e. The standard InChI is InChI=1S/C28H28FNO4/c1-14-7-9-17(10-8-14)21-15(2)22-20-13-18(29)11-12-19(20)26(31)30-24(22)16(3)23(21)25(27(32)33)34-28(4,5)6/h7-13,25H,1-6H3,(H,30,31)(H,32,33)/t25-/m0/s1. The number of pyridine rings is 1. The summed E-state index contributed by atoms with van der Waals surface area (Å²) in [6, 6.07) is 12.0. The number of fused-ring (bicyclic) bond motifs is 3. The van der Waals surface area contributed by atoms with Crippen LogP contribution in [0.2, 0.25) is 0 Å². The molecule has 0 aliphatic heterocycles. The molecule has 3 aromatic carbocycles. The van der Waals surface area contributed by atoms with Crippen molar-refractivity contribution in [2.24, 2.45) is 0 Å². The Bertz CT molecular complexity index is 1440. The first-order chi connectivity index (χ1) is 15.9. The second-order valence-corrected chi connectivity index (χ2v) is 9.70. The molecule has 0 aliphatic rings. The Balaban J connectivity index is 2.23. The van der Waals surface area contributed by atoms with Gasteiger partial charge in [-0.3, -0.25) is 0 Å². The number of carbonyl (C=O) groups is 1. The fourth-order valence-corrected chi connectivity index (χ4v) is 4.57. The highest BCUT2D eigenvalue weighted by molar-refractivity contribution is 6.12. The Morgan fingerprint density at radius 3 is 2.24 bits per heavy atom. The van der Waals surface area contributed by atoms with Crippen LogP contribution in [0.25, 0.3) is 32.8 Å². The molecule has 1 atom stereocenters. The van der Waals surface area contributed by atoms with E-state index in [4.69, 9.17) is 4.74 Å². The summed E-state index contributed by atoms with van der Waals surface area (Å²) in [6.07, 6.45) is -1.27. The molecule has 0 amide bonds. The van der Waals surface area contributed by atoms with Crippen molar-refractivity contribution < 1.29 is 24.1 Å². The van der Waals surface area contributed by atoms with Crippen LogP contribution in [0.1, 0.15) is 49.1 Å². The average molecular weight is 462 g/mol. The average Bonchev–Trinajstić information content (AvgIpc) is 2.74. The van der Waals surface area contributed by atoms with Crippen LogP contribution in [0.4, 0.5) is 4.39 Å². The lowest BCUT2D eigenvalue weighted by molar-refractivity contribution is -0.160. The third kappa shape index (κ3) is 4.10. The lowest BCUT2D eigenvalue weighted by atomic mass is 9.84. The quantitative estimate of drug-likeness (QED) is 0.328. The molecule has 2 N–H and O–H groups in total. The van der Waals surface area contributed by atoms with Gasteiger partial charge in [0.15, 0.2) is 6.10 Å². The first kappa shape index (κ1) is 23.6. The number of benzene rings is 3. The number of aromatic nitrogens is 1. The molecule has 176 valence electrons. The number of aromatic hydroxyl groups is 1. The zero-order valence-corrected chi connectivity index (χ0v) is 20.2. The summed E-state index contributed by atoms with van der Waals surface area (Å²) in [5.74, 6) is -1.79.